The predicted octanol–water partition coefficient (Wildman–Crippen LogP) is 3.12. The van der Waals surface area contributed by atoms with E-state index in [1.54, 1.807) is 12.4 Å². The average molecular weight is 403 g/mol. The average Bonchev–Trinajstić information content (AvgIpc) is 3.25. The Morgan fingerprint density at radius 1 is 1.27 bits per heavy atom. The van der Waals surface area contributed by atoms with E-state index in [1.165, 1.54) is 12.8 Å². The number of nitrogens with zero attached hydrogens (tertiary/aromatic N) is 6. The van der Waals surface area contributed by atoms with Crippen LogP contribution in [-0.4, -0.2) is 54.7 Å². The fraction of sp³-hybridized carbons (Fsp3) is 0.476. The molecule has 0 aromatic carbocycles. The van der Waals surface area contributed by atoms with Crippen molar-refractivity contribution < 1.29 is 0 Å². The van der Waals surface area contributed by atoms with Crippen molar-refractivity contribution in [1.82, 2.24) is 30.0 Å². The minimum absolute atomic E-state index is 0.329. The van der Waals surface area contributed by atoms with Crippen LogP contribution >= 0.6 is 0 Å². The summed E-state index contributed by atoms with van der Waals surface area (Å²) in [5.41, 5.74) is 1.77. The number of aromatic amines is 1. The number of rotatable bonds is 6. The van der Waals surface area contributed by atoms with Crippen LogP contribution in [0.5, 0.6) is 0 Å². The molecule has 3 N–H and O–H groups in total. The number of fused-ring (bicyclic) bond motifs is 3. The minimum atomic E-state index is 0.329. The molecule has 2 fully saturated rings. The topological polar surface area (TPSA) is 118 Å². The Morgan fingerprint density at radius 3 is 2.83 bits per heavy atom. The van der Waals surface area contributed by atoms with Crippen LogP contribution in [0.25, 0.3) is 10.9 Å². The van der Waals surface area contributed by atoms with Gasteiger partial charge in [0, 0.05) is 54.4 Å². The summed E-state index contributed by atoms with van der Waals surface area (Å²) < 4.78 is 0. The van der Waals surface area contributed by atoms with E-state index in [9.17, 15) is 0 Å². The SMILES string of the molecule is Cc1cc(Nc2nc(NC3C[C@H]4CC[C@@H](C3)N4CCC#N)nc3cnccc23)n[nH]1. The van der Waals surface area contributed by atoms with E-state index >= 15 is 0 Å². The van der Waals surface area contributed by atoms with Crippen LogP contribution in [0, 0.1) is 18.3 Å². The van der Waals surface area contributed by atoms with Gasteiger partial charge in [0.1, 0.15) is 5.82 Å². The van der Waals surface area contributed by atoms with Crippen LogP contribution in [0.3, 0.4) is 0 Å². The second-order valence-electron chi connectivity index (χ2n) is 8.19. The lowest BCUT2D eigenvalue weighted by molar-refractivity contribution is 0.135. The van der Waals surface area contributed by atoms with Crippen LogP contribution in [0.1, 0.15) is 37.8 Å². The number of anilines is 3. The number of aryl methyl sites for hydroxylation is 1. The van der Waals surface area contributed by atoms with Gasteiger partial charge in [-0.15, -0.1) is 0 Å². The number of nitriles is 1. The van der Waals surface area contributed by atoms with Crippen molar-refractivity contribution in [2.45, 2.75) is 57.2 Å². The largest absolute Gasteiger partial charge is 0.351 e. The number of pyridine rings is 1. The second kappa shape index (κ2) is 7.88. The summed E-state index contributed by atoms with van der Waals surface area (Å²) >= 11 is 0. The second-order valence-corrected chi connectivity index (χ2v) is 8.19. The molecule has 154 valence electrons. The van der Waals surface area contributed by atoms with Gasteiger partial charge in [-0.05, 0) is 38.7 Å². The zero-order valence-corrected chi connectivity index (χ0v) is 17.0. The van der Waals surface area contributed by atoms with E-state index < -0.39 is 0 Å². The third kappa shape index (κ3) is 3.66. The fourth-order valence-corrected chi connectivity index (χ4v) is 4.86. The van der Waals surface area contributed by atoms with Gasteiger partial charge >= 0.3 is 0 Å². The van der Waals surface area contributed by atoms with Crippen LogP contribution < -0.4 is 10.6 Å². The number of H-pyrrole nitrogens is 1. The Bertz CT molecular complexity index is 1070. The molecule has 5 heterocycles. The van der Waals surface area contributed by atoms with Gasteiger partial charge < -0.3 is 10.6 Å². The Labute approximate surface area is 174 Å². The Kier molecular flexibility index (Phi) is 4.93. The maximum Gasteiger partial charge on any atom is 0.225 e. The molecule has 30 heavy (non-hydrogen) atoms. The van der Waals surface area contributed by atoms with Gasteiger partial charge in [-0.2, -0.15) is 15.3 Å². The number of hydrogen-bond acceptors (Lipinski definition) is 8. The summed E-state index contributed by atoms with van der Waals surface area (Å²) in [5, 5.41) is 23.9. The first-order valence-corrected chi connectivity index (χ1v) is 10.5. The van der Waals surface area contributed by atoms with Crippen molar-refractivity contribution >= 4 is 28.5 Å². The molecule has 0 spiro atoms. The molecule has 3 atom stereocenters. The van der Waals surface area contributed by atoms with E-state index in [1.807, 2.05) is 19.1 Å². The van der Waals surface area contributed by atoms with Crippen molar-refractivity contribution in [3.8, 4) is 6.07 Å². The summed E-state index contributed by atoms with van der Waals surface area (Å²) in [5.74, 6) is 2.05. The molecule has 0 radical (unpaired) electrons. The van der Waals surface area contributed by atoms with Gasteiger partial charge in [0.15, 0.2) is 5.82 Å². The van der Waals surface area contributed by atoms with Crippen molar-refractivity contribution in [1.29, 1.82) is 5.26 Å². The fourth-order valence-electron chi connectivity index (χ4n) is 4.86. The number of nitrogens with one attached hydrogen (secondary N) is 3. The molecule has 3 aromatic rings. The molecule has 0 saturated carbocycles. The molecule has 0 aliphatic carbocycles. The molecule has 0 amide bonds. The van der Waals surface area contributed by atoms with Crippen LogP contribution in [-0.2, 0) is 0 Å². The first-order valence-electron chi connectivity index (χ1n) is 10.5. The number of piperidine rings is 1. The summed E-state index contributed by atoms with van der Waals surface area (Å²) in [4.78, 5) is 16.2. The molecular weight excluding hydrogens is 378 g/mol. The van der Waals surface area contributed by atoms with Crippen molar-refractivity contribution in [2.24, 2.45) is 0 Å². The Hall–Kier alpha value is -3.25. The molecule has 5 rings (SSSR count). The van der Waals surface area contributed by atoms with E-state index in [0.717, 1.165) is 41.8 Å². The maximum atomic E-state index is 8.93. The summed E-state index contributed by atoms with van der Waals surface area (Å²) in [6.07, 6.45) is 8.64. The lowest BCUT2D eigenvalue weighted by Crippen LogP contribution is -2.47. The molecule has 2 aliphatic heterocycles. The predicted molar refractivity (Wildman–Crippen MR) is 114 cm³/mol. The van der Waals surface area contributed by atoms with Gasteiger partial charge in [0.2, 0.25) is 5.95 Å². The molecule has 9 nitrogen and oxygen atoms in total. The molecular formula is C21H25N9. The minimum Gasteiger partial charge on any atom is -0.351 e. The first kappa shape index (κ1) is 18.8. The lowest BCUT2D eigenvalue weighted by Gasteiger charge is -2.38. The van der Waals surface area contributed by atoms with Gasteiger partial charge in [-0.3, -0.25) is 15.0 Å². The quantitative estimate of drug-likeness (QED) is 0.574. The zero-order valence-electron chi connectivity index (χ0n) is 17.0. The van der Waals surface area contributed by atoms with Crippen molar-refractivity contribution in [3.05, 3.63) is 30.2 Å². The zero-order chi connectivity index (χ0) is 20.5. The lowest BCUT2D eigenvalue weighted by atomic mass is 9.97. The highest BCUT2D eigenvalue weighted by molar-refractivity contribution is 5.90. The monoisotopic (exact) mass is 403 g/mol. The molecule has 1 unspecified atom stereocenters. The molecule has 2 saturated heterocycles. The van der Waals surface area contributed by atoms with Gasteiger partial charge in [0.25, 0.3) is 0 Å². The highest BCUT2D eigenvalue weighted by Gasteiger charge is 2.40. The standard InChI is InChI=1S/C21H25N9/c1-13-9-19(29-28-13)26-20-17-5-7-23-12-18(17)25-21(27-20)24-14-10-15-3-4-16(11-14)30(15)8-2-6-22/h5,7,9,12,14-16H,2-4,8,10-11H2,1H3,(H3,24,25,26,27,28,29)/t14?,15-,16+. The maximum absolute atomic E-state index is 8.93. The van der Waals surface area contributed by atoms with E-state index in [2.05, 4.69) is 36.8 Å². The van der Waals surface area contributed by atoms with Crippen LogP contribution in [0.15, 0.2) is 24.5 Å². The third-order valence-electron chi connectivity index (χ3n) is 6.15. The summed E-state index contributed by atoms with van der Waals surface area (Å²) in [6.45, 7) is 2.85. The number of aromatic nitrogens is 5. The normalized spacial score (nSPS) is 23.4. The van der Waals surface area contributed by atoms with Crippen LogP contribution in [0.4, 0.5) is 17.6 Å². The van der Waals surface area contributed by atoms with E-state index in [-0.39, 0.29) is 0 Å². The smallest absolute Gasteiger partial charge is 0.225 e. The van der Waals surface area contributed by atoms with Crippen molar-refractivity contribution in [3.63, 3.8) is 0 Å². The molecule has 2 bridgehead atoms. The van der Waals surface area contributed by atoms with Gasteiger partial charge in [-0.1, -0.05) is 0 Å². The molecule has 2 aliphatic rings. The van der Waals surface area contributed by atoms with Gasteiger partial charge in [0.05, 0.1) is 17.8 Å². The highest BCUT2D eigenvalue weighted by atomic mass is 15.3. The first-order chi connectivity index (χ1) is 14.7. The highest BCUT2D eigenvalue weighted by Crippen LogP contribution is 2.37. The van der Waals surface area contributed by atoms with E-state index in [4.69, 9.17) is 15.2 Å². The Morgan fingerprint density at radius 2 is 2.10 bits per heavy atom. The third-order valence-corrected chi connectivity index (χ3v) is 6.15. The number of hydrogen-bond donors (Lipinski definition) is 3. The Balaban J connectivity index is 1.37. The summed E-state index contributed by atoms with van der Waals surface area (Å²) in [6, 6.07) is 7.55. The molecule has 3 aromatic heterocycles. The van der Waals surface area contributed by atoms with Gasteiger partial charge in [-0.25, -0.2) is 4.98 Å². The molecule has 9 heteroatoms. The summed E-state index contributed by atoms with van der Waals surface area (Å²) in [7, 11) is 0. The van der Waals surface area contributed by atoms with E-state index in [0.29, 0.717) is 36.3 Å². The van der Waals surface area contributed by atoms with Crippen molar-refractivity contribution in [2.75, 3.05) is 17.2 Å². The van der Waals surface area contributed by atoms with Crippen LogP contribution in [0.2, 0.25) is 0 Å².